The molecule has 222 valence electrons. The smallest absolute Gasteiger partial charge is 0.410 e. The lowest BCUT2D eigenvalue weighted by molar-refractivity contribution is -0.0138. The fourth-order valence-electron chi connectivity index (χ4n) is 7.59. The fourth-order valence-corrected chi connectivity index (χ4v) is 9.63. The number of sulfonamides is 1. The minimum Gasteiger partial charge on any atom is -0.441 e. The summed E-state index contributed by atoms with van der Waals surface area (Å²) in [6, 6.07) is 11.2. The van der Waals surface area contributed by atoms with E-state index in [2.05, 4.69) is 0 Å². The highest BCUT2D eigenvalue weighted by molar-refractivity contribution is 7.89. The van der Waals surface area contributed by atoms with E-state index in [1.165, 1.54) is 60.7 Å². The largest absolute Gasteiger partial charge is 0.441 e. The molecule has 2 unspecified atom stereocenters. The maximum Gasteiger partial charge on any atom is 0.410 e. The molecule has 9 heteroatoms. The average Bonchev–Trinajstić information content (AvgIpc) is 3.78. The van der Waals surface area contributed by atoms with Crippen LogP contribution in [0.25, 0.3) is 0 Å². The van der Waals surface area contributed by atoms with Crippen molar-refractivity contribution in [1.82, 2.24) is 9.21 Å². The van der Waals surface area contributed by atoms with Crippen LogP contribution >= 0.6 is 11.6 Å². The molecule has 2 aromatic carbocycles. The maximum atomic E-state index is 14.3. The Morgan fingerprint density at radius 1 is 0.878 bits per heavy atom. The SMILES string of the molecule is O=C(OC1(C2CCCC(c3cccc(F)c3)N2S(=O)(=O)c2ccc(Cl)cc2)CC1)N1CCC(C2CCCCC2)CC1. The minimum absolute atomic E-state index is 0.127. The number of amides is 1. The lowest BCUT2D eigenvalue weighted by Gasteiger charge is -2.45. The van der Waals surface area contributed by atoms with E-state index in [9.17, 15) is 17.6 Å². The van der Waals surface area contributed by atoms with Crippen LogP contribution in [0.15, 0.2) is 53.4 Å². The van der Waals surface area contributed by atoms with Gasteiger partial charge in [0.25, 0.3) is 0 Å². The van der Waals surface area contributed by atoms with Gasteiger partial charge in [0.2, 0.25) is 10.0 Å². The van der Waals surface area contributed by atoms with E-state index < -0.39 is 33.5 Å². The fraction of sp³-hybridized carbons (Fsp3) is 0.594. The van der Waals surface area contributed by atoms with E-state index in [1.54, 1.807) is 24.3 Å². The summed E-state index contributed by atoms with van der Waals surface area (Å²) in [5.74, 6) is 1.06. The topological polar surface area (TPSA) is 66.9 Å². The third-order valence-corrected chi connectivity index (χ3v) is 12.1. The summed E-state index contributed by atoms with van der Waals surface area (Å²) in [7, 11) is -4.01. The maximum absolute atomic E-state index is 14.3. The first-order valence-electron chi connectivity index (χ1n) is 15.3. The third-order valence-electron chi connectivity index (χ3n) is 9.95. The monoisotopic (exact) mass is 602 g/mol. The molecule has 2 saturated heterocycles. The minimum atomic E-state index is -4.01. The van der Waals surface area contributed by atoms with Gasteiger partial charge in [-0.1, -0.05) is 55.8 Å². The third kappa shape index (κ3) is 6.02. The first-order chi connectivity index (χ1) is 19.8. The van der Waals surface area contributed by atoms with Crippen LogP contribution in [-0.4, -0.2) is 48.4 Å². The molecule has 0 aromatic heterocycles. The molecule has 0 bridgehead atoms. The lowest BCUT2D eigenvalue weighted by Crippen LogP contribution is -2.54. The molecular weight excluding hydrogens is 563 g/mol. The van der Waals surface area contributed by atoms with Crippen molar-refractivity contribution in [2.45, 2.75) is 99.6 Å². The normalized spacial score (nSPS) is 26.0. The Balaban J connectivity index is 1.24. The molecular formula is C32H40ClFN2O4S. The van der Waals surface area contributed by atoms with Gasteiger partial charge >= 0.3 is 6.09 Å². The van der Waals surface area contributed by atoms with E-state index >= 15 is 0 Å². The number of rotatable bonds is 6. The highest BCUT2D eigenvalue weighted by Crippen LogP contribution is 2.53. The highest BCUT2D eigenvalue weighted by atomic mass is 35.5. The summed E-state index contributed by atoms with van der Waals surface area (Å²) in [5, 5.41) is 0.445. The summed E-state index contributed by atoms with van der Waals surface area (Å²) in [5.41, 5.74) is -0.262. The van der Waals surface area contributed by atoms with Crippen LogP contribution in [0.5, 0.6) is 0 Å². The molecule has 6 nitrogen and oxygen atoms in total. The number of carbonyl (C=O) groups excluding carboxylic acids is 1. The van der Waals surface area contributed by atoms with E-state index in [0.29, 0.717) is 55.3 Å². The molecule has 0 spiro atoms. The van der Waals surface area contributed by atoms with Crippen molar-refractivity contribution in [2.24, 2.45) is 11.8 Å². The predicted molar refractivity (Wildman–Crippen MR) is 157 cm³/mol. The zero-order valence-electron chi connectivity index (χ0n) is 23.5. The van der Waals surface area contributed by atoms with Crippen molar-refractivity contribution in [3.63, 3.8) is 0 Å². The van der Waals surface area contributed by atoms with Gasteiger partial charge in [-0.3, -0.25) is 0 Å². The second-order valence-electron chi connectivity index (χ2n) is 12.5. The van der Waals surface area contributed by atoms with Gasteiger partial charge in [-0.25, -0.2) is 17.6 Å². The Hall–Kier alpha value is -2.16. The first-order valence-corrected chi connectivity index (χ1v) is 17.1. The second-order valence-corrected chi connectivity index (χ2v) is 14.7. The summed E-state index contributed by atoms with van der Waals surface area (Å²) >= 11 is 6.07. The van der Waals surface area contributed by atoms with Crippen molar-refractivity contribution in [1.29, 1.82) is 0 Å². The molecule has 4 fully saturated rings. The molecule has 2 aliphatic carbocycles. The Labute approximate surface area is 248 Å². The van der Waals surface area contributed by atoms with E-state index in [0.717, 1.165) is 25.2 Å². The van der Waals surface area contributed by atoms with Crippen molar-refractivity contribution >= 4 is 27.7 Å². The van der Waals surface area contributed by atoms with Gasteiger partial charge in [0.15, 0.2) is 0 Å². The lowest BCUT2D eigenvalue weighted by atomic mass is 9.76. The molecule has 6 rings (SSSR count). The van der Waals surface area contributed by atoms with Gasteiger partial charge in [0.1, 0.15) is 11.4 Å². The number of hydrogen-bond acceptors (Lipinski definition) is 4. The molecule has 2 heterocycles. The zero-order chi connectivity index (χ0) is 28.6. The Morgan fingerprint density at radius 2 is 1.56 bits per heavy atom. The number of hydrogen-bond donors (Lipinski definition) is 0. The van der Waals surface area contributed by atoms with Crippen LogP contribution in [0.3, 0.4) is 0 Å². The van der Waals surface area contributed by atoms with Crippen LogP contribution < -0.4 is 0 Å². The van der Waals surface area contributed by atoms with Crippen molar-refractivity contribution in [3.05, 3.63) is 64.9 Å². The Morgan fingerprint density at radius 3 is 2.22 bits per heavy atom. The summed E-state index contributed by atoms with van der Waals surface area (Å²) in [6.07, 6.45) is 11.4. The van der Waals surface area contributed by atoms with Crippen LogP contribution in [-0.2, 0) is 14.8 Å². The van der Waals surface area contributed by atoms with Crippen LogP contribution in [0.4, 0.5) is 9.18 Å². The van der Waals surface area contributed by atoms with Crippen molar-refractivity contribution in [2.75, 3.05) is 13.1 Å². The Bertz CT molecular complexity index is 1340. The quantitative estimate of drug-likeness (QED) is 0.339. The number of halogens is 2. The van der Waals surface area contributed by atoms with Gasteiger partial charge in [-0.2, -0.15) is 4.31 Å². The number of likely N-dealkylation sites (tertiary alicyclic amines) is 1. The van der Waals surface area contributed by atoms with E-state index in [1.807, 2.05) is 4.90 Å². The number of nitrogens with zero attached hydrogens (tertiary/aromatic N) is 2. The second kappa shape index (κ2) is 11.8. The van der Waals surface area contributed by atoms with Crippen LogP contribution in [0.1, 0.15) is 88.7 Å². The molecule has 2 aromatic rings. The Kier molecular flexibility index (Phi) is 8.36. The molecule has 2 aliphatic heterocycles. The molecule has 0 N–H and O–H groups in total. The molecule has 0 radical (unpaired) electrons. The average molecular weight is 603 g/mol. The van der Waals surface area contributed by atoms with E-state index in [4.69, 9.17) is 16.3 Å². The summed E-state index contributed by atoms with van der Waals surface area (Å²) < 4.78 is 50.7. The van der Waals surface area contributed by atoms with Gasteiger partial charge in [0, 0.05) is 18.1 Å². The number of ether oxygens (including phenoxy) is 1. The van der Waals surface area contributed by atoms with Crippen LogP contribution in [0.2, 0.25) is 5.02 Å². The molecule has 2 saturated carbocycles. The van der Waals surface area contributed by atoms with E-state index in [-0.39, 0.29) is 11.0 Å². The zero-order valence-corrected chi connectivity index (χ0v) is 25.1. The van der Waals surface area contributed by atoms with Gasteiger partial charge in [-0.15, -0.1) is 0 Å². The molecule has 1 amide bonds. The van der Waals surface area contributed by atoms with Gasteiger partial charge in [-0.05, 0) is 98.7 Å². The first kappa shape index (κ1) is 28.9. The summed E-state index contributed by atoms with van der Waals surface area (Å²) in [6.45, 7) is 1.39. The number of benzene rings is 2. The van der Waals surface area contributed by atoms with Gasteiger partial charge in [0.05, 0.1) is 17.0 Å². The molecule has 4 aliphatic rings. The van der Waals surface area contributed by atoms with Gasteiger partial charge < -0.3 is 9.64 Å². The highest BCUT2D eigenvalue weighted by Gasteiger charge is 2.60. The van der Waals surface area contributed by atoms with Crippen LogP contribution in [0, 0.1) is 17.7 Å². The number of piperidine rings is 2. The van der Waals surface area contributed by atoms with Crippen molar-refractivity contribution < 1.29 is 22.3 Å². The van der Waals surface area contributed by atoms with Crippen molar-refractivity contribution in [3.8, 4) is 0 Å². The molecule has 41 heavy (non-hydrogen) atoms. The number of carbonyl (C=O) groups is 1. The standard InChI is InChI=1S/C32H40ClFN2O4S/c33-26-12-14-28(15-13-26)41(38,39)36-29(25-8-4-9-27(34)22-25)10-5-11-30(36)32(18-19-32)40-31(37)35-20-16-24(17-21-35)23-6-2-1-3-7-23/h4,8-9,12-15,22-24,29-30H,1-3,5-7,10-11,16-21H2. The summed E-state index contributed by atoms with van der Waals surface area (Å²) in [4.78, 5) is 15.5. The molecule has 2 atom stereocenters. The predicted octanol–water partition coefficient (Wildman–Crippen LogP) is 7.73.